The number of rotatable bonds is 6. The highest BCUT2D eigenvalue weighted by Gasteiger charge is 2.20. The van der Waals surface area contributed by atoms with Crippen LogP contribution in [-0.2, 0) is 24.4 Å². The van der Waals surface area contributed by atoms with Crippen LogP contribution in [0.1, 0.15) is 65.9 Å². The first kappa shape index (κ1) is 19.3. The van der Waals surface area contributed by atoms with E-state index in [1.165, 1.54) is 0 Å². The van der Waals surface area contributed by atoms with Gasteiger partial charge in [-0.1, -0.05) is 0 Å². The number of amides is 1. The van der Waals surface area contributed by atoms with Crippen molar-refractivity contribution in [3.63, 3.8) is 0 Å². The second-order valence-corrected chi connectivity index (χ2v) is 7.26. The molecule has 2 aromatic heterocycles. The van der Waals surface area contributed by atoms with Gasteiger partial charge in [-0.15, -0.1) is 0 Å². The standard InChI is InChI=1S/C19H28N6O2/c1-12(25-14(3)19(15(4)26)13(2)22-25)8-18(27)21-10-16-9-17-11-20-6-5-7-24(17)23-16/h9,12,20H,5-8,10-11H2,1-4H3,(H,21,27)/t12-/m0/s1. The van der Waals surface area contributed by atoms with Crippen molar-refractivity contribution in [2.45, 2.75) is 66.2 Å². The largest absolute Gasteiger partial charge is 0.350 e. The van der Waals surface area contributed by atoms with Gasteiger partial charge in [-0.25, -0.2) is 0 Å². The molecule has 27 heavy (non-hydrogen) atoms. The van der Waals surface area contributed by atoms with E-state index < -0.39 is 0 Å². The molecule has 3 rings (SSSR count). The SMILES string of the molecule is CC(=O)c1c(C)nn([C@@H](C)CC(=O)NCc2cc3n(n2)CCCNC3)c1C. The number of Topliss-reactive ketones (excluding diaryl/α,β-unsaturated/α-hetero) is 1. The smallest absolute Gasteiger partial charge is 0.222 e. The molecule has 0 spiro atoms. The van der Waals surface area contributed by atoms with Crippen molar-refractivity contribution < 1.29 is 9.59 Å². The molecule has 0 fully saturated rings. The minimum absolute atomic E-state index is 0.00180. The third-order valence-electron chi connectivity index (χ3n) is 4.99. The van der Waals surface area contributed by atoms with E-state index in [9.17, 15) is 9.59 Å². The van der Waals surface area contributed by atoms with Crippen LogP contribution in [0.2, 0.25) is 0 Å². The Morgan fingerprint density at radius 2 is 2.11 bits per heavy atom. The van der Waals surface area contributed by atoms with Crippen molar-refractivity contribution >= 4 is 11.7 Å². The summed E-state index contributed by atoms with van der Waals surface area (Å²) in [6.45, 7) is 10.3. The molecule has 0 bridgehead atoms. The molecule has 2 aromatic rings. The second-order valence-electron chi connectivity index (χ2n) is 7.26. The van der Waals surface area contributed by atoms with E-state index in [1.807, 2.05) is 31.5 Å². The Morgan fingerprint density at radius 3 is 2.81 bits per heavy atom. The summed E-state index contributed by atoms with van der Waals surface area (Å²) in [7, 11) is 0. The number of fused-ring (bicyclic) bond motifs is 1. The van der Waals surface area contributed by atoms with Crippen molar-refractivity contribution in [2.24, 2.45) is 0 Å². The molecule has 1 aliphatic heterocycles. The Bertz CT molecular complexity index is 827. The number of carbonyl (C=O) groups is 2. The lowest BCUT2D eigenvalue weighted by Gasteiger charge is -2.14. The van der Waals surface area contributed by atoms with Gasteiger partial charge in [0.05, 0.1) is 35.2 Å². The second kappa shape index (κ2) is 8.04. The molecule has 3 heterocycles. The summed E-state index contributed by atoms with van der Waals surface area (Å²) in [6.07, 6.45) is 1.36. The maximum absolute atomic E-state index is 12.4. The molecule has 1 amide bonds. The summed E-state index contributed by atoms with van der Waals surface area (Å²) >= 11 is 0. The third kappa shape index (κ3) is 4.27. The molecule has 146 valence electrons. The van der Waals surface area contributed by atoms with Crippen LogP contribution in [0, 0.1) is 13.8 Å². The van der Waals surface area contributed by atoms with Gasteiger partial charge < -0.3 is 10.6 Å². The average Bonchev–Trinajstić information content (AvgIpc) is 3.05. The van der Waals surface area contributed by atoms with E-state index in [-0.39, 0.29) is 17.7 Å². The third-order valence-corrected chi connectivity index (χ3v) is 4.99. The van der Waals surface area contributed by atoms with Crippen molar-refractivity contribution in [1.82, 2.24) is 30.2 Å². The predicted octanol–water partition coefficient (Wildman–Crippen LogP) is 1.66. The molecule has 0 unspecified atom stereocenters. The monoisotopic (exact) mass is 372 g/mol. The van der Waals surface area contributed by atoms with Crippen LogP contribution >= 0.6 is 0 Å². The highest BCUT2D eigenvalue weighted by atomic mass is 16.1. The lowest BCUT2D eigenvalue weighted by molar-refractivity contribution is -0.122. The van der Waals surface area contributed by atoms with Crippen LogP contribution in [0.3, 0.4) is 0 Å². The van der Waals surface area contributed by atoms with E-state index in [0.29, 0.717) is 24.2 Å². The van der Waals surface area contributed by atoms with Gasteiger partial charge in [0.2, 0.25) is 5.91 Å². The van der Waals surface area contributed by atoms with Gasteiger partial charge in [0.15, 0.2) is 5.78 Å². The predicted molar refractivity (Wildman–Crippen MR) is 101 cm³/mol. The van der Waals surface area contributed by atoms with E-state index in [2.05, 4.69) is 20.8 Å². The van der Waals surface area contributed by atoms with Crippen molar-refractivity contribution in [3.05, 3.63) is 34.4 Å². The maximum Gasteiger partial charge on any atom is 0.222 e. The summed E-state index contributed by atoms with van der Waals surface area (Å²) < 4.78 is 3.79. The number of aryl methyl sites for hydroxylation is 2. The Morgan fingerprint density at radius 1 is 1.33 bits per heavy atom. The van der Waals surface area contributed by atoms with E-state index in [4.69, 9.17) is 0 Å². The molecule has 0 aliphatic carbocycles. The summed E-state index contributed by atoms with van der Waals surface area (Å²) in [4.78, 5) is 24.1. The zero-order chi connectivity index (χ0) is 19.6. The number of ketones is 1. The van der Waals surface area contributed by atoms with Crippen molar-refractivity contribution in [2.75, 3.05) is 6.54 Å². The fraction of sp³-hybridized carbons (Fsp3) is 0.579. The molecule has 0 radical (unpaired) electrons. The number of nitrogens with zero attached hydrogens (tertiary/aromatic N) is 4. The molecule has 0 saturated heterocycles. The molecule has 1 atom stereocenters. The quantitative estimate of drug-likeness (QED) is 0.752. The number of hydrogen-bond acceptors (Lipinski definition) is 5. The first-order valence-corrected chi connectivity index (χ1v) is 9.46. The van der Waals surface area contributed by atoms with E-state index >= 15 is 0 Å². The van der Waals surface area contributed by atoms with Crippen molar-refractivity contribution in [1.29, 1.82) is 0 Å². The number of carbonyl (C=O) groups excluding carboxylic acids is 2. The minimum atomic E-state index is -0.125. The normalized spacial score (nSPS) is 15.1. The number of hydrogen-bond donors (Lipinski definition) is 2. The van der Waals surface area contributed by atoms with Crippen LogP contribution in [-0.4, -0.2) is 37.8 Å². The van der Waals surface area contributed by atoms with E-state index in [1.54, 1.807) is 11.6 Å². The number of nitrogens with one attached hydrogen (secondary N) is 2. The first-order chi connectivity index (χ1) is 12.9. The van der Waals surface area contributed by atoms with Crippen LogP contribution in [0.4, 0.5) is 0 Å². The lowest BCUT2D eigenvalue weighted by atomic mass is 10.1. The Labute approximate surface area is 159 Å². The first-order valence-electron chi connectivity index (χ1n) is 9.46. The molecular weight excluding hydrogens is 344 g/mol. The molecular formula is C19H28N6O2. The van der Waals surface area contributed by atoms with Gasteiger partial charge in [0.25, 0.3) is 0 Å². The van der Waals surface area contributed by atoms with E-state index in [0.717, 1.165) is 43.1 Å². The fourth-order valence-corrected chi connectivity index (χ4v) is 3.73. The summed E-state index contributed by atoms with van der Waals surface area (Å²) in [5.74, 6) is -0.0531. The molecule has 0 saturated carbocycles. The highest BCUT2D eigenvalue weighted by molar-refractivity contribution is 5.96. The van der Waals surface area contributed by atoms with Gasteiger partial charge in [-0.05, 0) is 46.7 Å². The maximum atomic E-state index is 12.4. The van der Waals surface area contributed by atoms with Crippen LogP contribution in [0.5, 0.6) is 0 Å². The average molecular weight is 372 g/mol. The Kier molecular flexibility index (Phi) is 5.74. The number of aromatic nitrogens is 4. The lowest BCUT2D eigenvalue weighted by Crippen LogP contribution is -2.26. The zero-order valence-electron chi connectivity index (χ0n) is 16.5. The highest BCUT2D eigenvalue weighted by Crippen LogP contribution is 2.20. The van der Waals surface area contributed by atoms with Gasteiger partial charge >= 0.3 is 0 Å². The molecule has 8 nitrogen and oxygen atoms in total. The summed E-state index contributed by atoms with van der Waals surface area (Å²) in [5.41, 5.74) is 4.20. The van der Waals surface area contributed by atoms with Gasteiger partial charge in [0.1, 0.15) is 0 Å². The summed E-state index contributed by atoms with van der Waals surface area (Å²) in [5, 5.41) is 15.3. The topological polar surface area (TPSA) is 93.8 Å². The van der Waals surface area contributed by atoms with Gasteiger partial charge in [-0.3, -0.25) is 19.0 Å². The summed E-state index contributed by atoms with van der Waals surface area (Å²) in [6, 6.07) is 1.92. The molecule has 8 heteroatoms. The Hall–Kier alpha value is -2.48. The molecule has 1 aliphatic rings. The molecule has 2 N–H and O–H groups in total. The molecule has 0 aromatic carbocycles. The minimum Gasteiger partial charge on any atom is -0.350 e. The van der Waals surface area contributed by atoms with Crippen LogP contribution in [0.25, 0.3) is 0 Å². The fourth-order valence-electron chi connectivity index (χ4n) is 3.73. The zero-order valence-corrected chi connectivity index (χ0v) is 16.5. The van der Waals surface area contributed by atoms with Crippen LogP contribution in [0.15, 0.2) is 6.07 Å². The van der Waals surface area contributed by atoms with Gasteiger partial charge in [-0.2, -0.15) is 10.2 Å². The Balaban J connectivity index is 1.58. The van der Waals surface area contributed by atoms with Crippen molar-refractivity contribution in [3.8, 4) is 0 Å². The van der Waals surface area contributed by atoms with Crippen LogP contribution < -0.4 is 10.6 Å². The van der Waals surface area contributed by atoms with Gasteiger partial charge in [0, 0.05) is 25.2 Å².